The Hall–Kier alpha value is -0.860. The van der Waals surface area contributed by atoms with Crippen molar-refractivity contribution in [2.75, 3.05) is 26.2 Å². The predicted octanol–water partition coefficient (Wildman–Crippen LogP) is 2.87. The smallest absolute Gasteiger partial charge is 0.0223 e. The first-order valence-electron chi connectivity index (χ1n) is 8.39. The van der Waals surface area contributed by atoms with Gasteiger partial charge in [0.2, 0.25) is 0 Å². The summed E-state index contributed by atoms with van der Waals surface area (Å²) in [7, 11) is 0. The molecule has 1 unspecified atom stereocenters. The van der Waals surface area contributed by atoms with Gasteiger partial charge in [0.05, 0.1) is 0 Å². The summed E-state index contributed by atoms with van der Waals surface area (Å²) in [5.74, 6) is 0.951. The van der Waals surface area contributed by atoms with E-state index in [0.717, 1.165) is 12.0 Å². The van der Waals surface area contributed by atoms with Crippen molar-refractivity contribution < 1.29 is 0 Å². The van der Waals surface area contributed by atoms with E-state index in [9.17, 15) is 0 Å². The minimum atomic E-state index is 0.733. The number of rotatable bonds is 6. The molecule has 2 aliphatic rings. The first-order valence-corrected chi connectivity index (χ1v) is 8.39. The summed E-state index contributed by atoms with van der Waals surface area (Å²) in [6.45, 7) is 7.15. The zero-order valence-electron chi connectivity index (χ0n) is 12.8. The molecule has 2 nitrogen and oxygen atoms in total. The van der Waals surface area contributed by atoms with Crippen molar-refractivity contribution in [3.8, 4) is 0 Å². The van der Waals surface area contributed by atoms with Crippen LogP contribution in [0.4, 0.5) is 0 Å². The standard InChI is InChI=1S/C18H28N2/c1-2-11-19-18(17-7-8-17)14-20-12-9-15-5-3-4-6-16(15)10-13-20/h3-6,17-19H,2,7-14H2,1H3. The second kappa shape index (κ2) is 6.73. The molecule has 0 saturated heterocycles. The molecular weight excluding hydrogens is 244 g/mol. The molecule has 110 valence electrons. The van der Waals surface area contributed by atoms with E-state index >= 15 is 0 Å². The van der Waals surface area contributed by atoms with Gasteiger partial charge in [-0.25, -0.2) is 0 Å². The van der Waals surface area contributed by atoms with Gasteiger partial charge in [-0.05, 0) is 55.7 Å². The minimum Gasteiger partial charge on any atom is -0.312 e. The fourth-order valence-corrected chi connectivity index (χ4v) is 3.38. The number of hydrogen-bond donors (Lipinski definition) is 1. The Labute approximate surface area is 123 Å². The Morgan fingerprint density at radius 1 is 1.15 bits per heavy atom. The topological polar surface area (TPSA) is 15.3 Å². The number of benzene rings is 1. The summed E-state index contributed by atoms with van der Waals surface area (Å²) in [5.41, 5.74) is 3.14. The van der Waals surface area contributed by atoms with Gasteiger partial charge in [-0.3, -0.25) is 0 Å². The fraction of sp³-hybridized carbons (Fsp3) is 0.667. The lowest BCUT2D eigenvalue weighted by atomic mass is 10.0. The molecule has 2 heteroatoms. The first-order chi connectivity index (χ1) is 9.86. The van der Waals surface area contributed by atoms with Crippen LogP contribution in [-0.4, -0.2) is 37.1 Å². The highest BCUT2D eigenvalue weighted by molar-refractivity contribution is 5.28. The first kappa shape index (κ1) is 14.1. The third-order valence-electron chi connectivity index (χ3n) is 4.82. The van der Waals surface area contributed by atoms with Crippen LogP contribution in [-0.2, 0) is 12.8 Å². The van der Waals surface area contributed by atoms with Crippen molar-refractivity contribution in [3.05, 3.63) is 35.4 Å². The molecule has 1 aliphatic carbocycles. The molecular formula is C18H28N2. The fourth-order valence-electron chi connectivity index (χ4n) is 3.38. The van der Waals surface area contributed by atoms with Crippen molar-refractivity contribution in [2.24, 2.45) is 5.92 Å². The average Bonchev–Trinajstić information content (AvgIpc) is 3.31. The van der Waals surface area contributed by atoms with Gasteiger partial charge in [-0.1, -0.05) is 31.2 Å². The molecule has 20 heavy (non-hydrogen) atoms. The summed E-state index contributed by atoms with van der Waals surface area (Å²) >= 11 is 0. The van der Waals surface area contributed by atoms with Crippen LogP contribution in [0.1, 0.15) is 37.3 Å². The zero-order valence-corrected chi connectivity index (χ0v) is 12.8. The lowest BCUT2D eigenvalue weighted by Gasteiger charge is -2.27. The second-order valence-electron chi connectivity index (χ2n) is 6.47. The van der Waals surface area contributed by atoms with Crippen LogP contribution < -0.4 is 5.32 Å². The molecule has 1 aromatic carbocycles. The molecule has 1 N–H and O–H groups in total. The van der Waals surface area contributed by atoms with E-state index in [1.807, 2.05) is 0 Å². The summed E-state index contributed by atoms with van der Waals surface area (Å²) < 4.78 is 0. The lowest BCUT2D eigenvalue weighted by Crippen LogP contribution is -2.43. The summed E-state index contributed by atoms with van der Waals surface area (Å²) in [6.07, 6.45) is 6.57. The molecule has 1 fully saturated rings. The SMILES string of the molecule is CCCNC(CN1CCc2ccccc2CC1)C1CC1. The summed E-state index contributed by atoms with van der Waals surface area (Å²) in [5, 5.41) is 3.78. The van der Waals surface area contributed by atoms with Crippen molar-refractivity contribution in [1.29, 1.82) is 0 Å². The Bertz CT molecular complexity index is 398. The van der Waals surface area contributed by atoms with Gasteiger partial charge in [0.1, 0.15) is 0 Å². The number of nitrogens with one attached hydrogen (secondary N) is 1. The maximum atomic E-state index is 3.78. The maximum absolute atomic E-state index is 3.78. The molecule has 1 aliphatic heterocycles. The summed E-state index contributed by atoms with van der Waals surface area (Å²) in [4.78, 5) is 2.69. The molecule has 1 heterocycles. The van der Waals surface area contributed by atoms with Gasteiger partial charge in [-0.2, -0.15) is 0 Å². The molecule has 0 aromatic heterocycles. The van der Waals surface area contributed by atoms with Crippen LogP contribution in [0.15, 0.2) is 24.3 Å². The van der Waals surface area contributed by atoms with Crippen molar-refractivity contribution >= 4 is 0 Å². The van der Waals surface area contributed by atoms with Crippen molar-refractivity contribution in [1.82, 2.24) is 10.2 Å². The van der Waals surface area contributed by atoms with E-state index in [1.165, 1.54) is 58.3 Å². The van der Waals surface area contributed by atoms with Crippen LogP contribution in [0, 0.1) is 5.92 Å². The van der Waals surface area contributed by atoms with Crippen molar-refractivity contribution in [2.45, 2.75) is 45.1 Å². The molecule has 1 atom stereocenters. The Morgan fingerprint density at radius 2 is 1.80 bits per heavy atom. The largest absolute Gasteiger partial charge is 0.312 e. The molecule has 0 bridgehead atoms. The Balaban J connectivity index is 1.56. The van der Waals surface area contributed by atoms with Gasteiger partial charge in [-0.15, -0.1) is 0 Å². The molecule has 0 amide bonds. The lowest BCUT2D eigenvalue weighted by molar-refractivity contribution is 0.240. The normalized spacial score (nSPS) is 21.2. The van der Waals surface area contributed by atoms with Gasteiger partial charge < -0.3 is 10.2 Å². The molecule has 1 aromatic rings. The van der Waals surface area contributed by atoms with E-state index in [1.54, 1.807) is 11.1 Å². The van der Waals surface area contributed by atoms with Crippen molar-refractivity contribution in [3.63, 3.8) is 0 Å². The van der Waals surface area contributed by atoms with Gasteiger partial charge in [0.25, 0.3) is 0 Å². The highest BCUT2D eigenvalue weighted by Gasteiger charge is 2.32. The monoisotopic (exact) mass is 272 g/mol. The van der Waals surface area contributed by atoms with E-state index in [4.69, 9.17) is 0 Å². The number of nitrogens with zero attached hydrogens (tertiary/aromatic N) is 1. The third-order valence-corrected chi connectivity index (χ3v) is 4.82. The quantitative estimate of drug-likeness (QED) is 0.856. The number of fused-ring (bicyclic) bond motifs is 1. The van der Waals surface area contributed by atoms with Crippen LogP contribution in [0.5, 0.6) is 0 Å². The molecule has 0 radical (unpaired) electrons. The van der Waals surface area contributed by atoms with E-state index in [2.05, 4.69) is 41.4 Å². The van der Waals surface area contributed by atoms with Gasteiger partial charge in [0, 0.05) is 25.7 Å². The zero-order chi connectivity index (χ0) is 13.8. The van der Waals surface area contributed by atoms with Crippen LogP contribution in [0.3, 0.4) is 0 Å². The average molecular weight is 272 g/mol. The van der Waals surface area contributed by atoms with Gasteiger partial charge in [0.15, 0.2) is 0 Å². The van der Waals surface area contributed by atoms with Crippen LogP contribution >= 0.6 is 0 Å². The van der Waals surface area contributed by atoms with Gasteiger partial charge >= 0.3 is 0 Å². The predicted molar refractivity (Wildman–Crippen MR) is 85.1 cm³/mol. The highest BCUT2D eigenvalue weighted by Crippen LogP contribution is 2.33. The second-order valence-corrected chi connectivity index (χ2v) is 6.47. The highest BCUT2D eigenvalue weighted by atomic mass is 15.2. The van der Waals surface area contributed by atoms with Crippen LogP contribution in [0.2, 0.25) is 0 Å². The van der Waals surface area contributed by atoms with E-state index < -0.39 is 0 Å². The molecule has 1 saturated carbocycles. The third kappa shape index (κ3) is 3.62. The summed E-state index contributed by atoms with van der Waals surface area (Å²) in [6, 6.07) is 9.73. The maximum Gasteiger partial charge on any atom is 0.0223 e. The number of hydrogen-bond acceptors (Lipinski definition) is 2. The Morgan fingerprint density at radius 3 is 2.35 bits per heavy atom. The van der Waals surface area contributed by atoms with E-state index in [-0.39, 0.29) is 0 Å². The Kier molecular flexibility index (Phi) is 4.74. The molecule has 3 rings (SSSR count). The van der Waals surface area contributed by atoms with E-state index in [0.29, 0.717) is 0 Å². The minimum absolute atomic E-state index is 0.733. The molecule has 0 spiro atoms. The van der Waals surface area contributed by atoms with Crippen LogP contribution in [0.25, 0.3) is 0 Å².